The van der Waals surface area contributed by atoms with Gasteiger partial charge in [-0.2, -0.15) is 0 Å². The number of nitrogens with zero attached hydrogens (tertiary/aromatic N) is 2. The lowest BCUT2D eigenvalue weighted by atomic mass is 9.84. The highest BCUT2D eigenvalue weighted by molar-refractivity contribution is 6.20. The first-order valence-electron chi connectivity index (χ1n) is 6.74. The van der Waals surface area contributed by atoms with Gasteiger partial charge in [0.15, 0.2) is 0 Å². The van der Waals surface area contributed by atoms with Crippen LogP contribution in [0.15, 0.2) is 6.20 Å². The third-order valence-corrected chi connectivity index (χ3v) is 4.60. The van der Waals surface area contributed by atoms with Crippen molar-refractivity contribution in [1.29, 1.82) is 0 Å². The van der Waals surface area contributed by atoms with Crippen molar-refractivity contribution in [2.75, 3.05) is 0 Å². The van der Waals surface area contributed by atoms with E-state index in [1.807, 2.05) is 0 Å². The number of halogens is 1. The fourth-order valence-corrected chi connectivity index (χ4v) is 3.26. The Balaban J connectivity index is 2.25. The Morgan fingerprint density at radius 1 is 1.42 bits per heavy atom. The van der Waals surface area contributed by atoms with Crippen molar-refractivity contribution < 1.29 is 4.92 Å². The summed E-state index contributed by atoms with van der Waals surface area (Å²) in [4.78, 5) is 15.2. The molecule has 0 radical (unpaired) electrons. The molecule has 1 aromatic rings. The minimum absolute atomic E-state index is 0.176. The van der Waals surface area contributed by atoms with Crippen molar-refractivity contribution in [3.63, 3.8) is 0 Å². The largest absolute Gasteiger partial charge is 0.278 e. The first-order valence-corrected chi connectivity index (χ1v) is 7.18. The normalized spacial score (nSPS) is 23.3. The molecule has 2 unspecified atom stereocenters. The van der Waals surface area contributed by atoms with Gasteiger partial charge in [-0.15, -0.1) is 11.6 Å². The molecule has 1 saturated carbocycles. The van der Waals surface area contributed by atoms with Crippen LogP contribution in [0.1, 0.15) is 42.5 Å². The van der Waals surface area contributed by atoms with Crippen molar-refractivity contribution in [3.8, 4) is 0 Å². The van der Waals surface area contributed by atoms with E-state index >= 15 is 0 Å². The van der Waals surface area contributed by atoms with Gasteiger partial charge < -0.3 is 0 Å². The van der Waals surface area contributed by atoms with Crippen LogP contribution in [0.5, 0.6) is 0 Å². The number of aromatic nitrogens is 1. The molecule has 0 bridgehead atoms. The number of nitro groups is 1. The van der Waals surface area contributed by atoms with E-state index in [1.165, 1.54) is 12.8 Å². The zero-order valence-electron chi connectivity index (χ0n) is 11.4. The third-order valence-electron chi connectivity index (χ3n) is 4.03. The Bertz CT molecular complexity index is 491. The zero-order chi connectivity index (χ0) is 14.0. The van der Waals surface area contributed by atoms with E-state index in [0.29, 0.717) is 17.0 Å². The SMILES string of the molecule is Cc1cnc(CC2CCCCC2Cl)c(C)c1[N+](=O)[O-]. The van der Waals surface area contributed by atoms with Gasteiger partial charge in [0.05, 0.1) is 10.6 Å². The van der Waals surface area contributed by atoms with Crippen LogP contribution in [0, 0.1) is 29.9 Å². The molecule has 0 saturated heterocycles. The molecule has 19 heavy (non-hydrogen) atoms. The second-order valence-electron chi connectivity index (χ2n) is 5.38. The van der Waals surface area contributed by atoms with Crippen molar-refractivity contribution in [1.82, 2.24) is 4.98 Å². The average molecular weight is 283 g/mol. The average Bonchev–Trinajstić information content (AvgIpc) is 2.35. The van der Waals surface area contributed by atoms with E-state index in [0.717, 1.165) is 25.0 Å². The van der Waals surface area contributed by atoms with Crippen molar-refractivity contribution >= 4 is 17.3 Å². The van der Waals surface area contributed by atoms with Gasteiger partial charge in [0.25, 0.3) is 5.69 Å². The smallest absolute Gasteiger partial charge is 0.260 e. The van der Waals surface area contributed by atoms with Crippen LogP contribution in [0.4, 0.5) is 5.69 Å². The summed E-state index contributed by atoms with van der Waals surface area (Å²) >= 11 is 6.36. The summed E-state index contributed by atoms with van der Waals surface area (Å²) in [6.07, 6.45) is 6.87. The minimum atomic E-state index is -0.311. The van der Waals surface area contributed by atoms with Crippen LogP contribution in [-0.2, 0) is 6.42 Å². The number of rotatable bonds is 3. The molecule has 1 aliphatic carbocycles. The highest BCUT2D eigenvalue weighted by Crippen LogP contribution is 2.33. The van der Waals surface area contributed by atoms with E-state index in [4.69, 9.17) is 11.6 Å². The van der Waals surface area contributed by atoms with E-state index in [2.05, 4.69) is 4.98 Å². The zero-order valence-corrected chi connectivity index (χ0v) is 12.1. The van der Waals surface area contributed by atoms with Crippen LogP contribution in [0.2, 0.25) is 0 Å². The molecule has 5 heteroatoms. The summed E-state index contributed by atoms with van der Waals surface area (Å²) in [6.45, 7) is 3.52. The monoisotopic (exact) mass is 282 g/mol. The fraction of sp³-hybridized carbons (Fsp3) is 0.643. The number of hydrogen-bond donors (Lipinski definition) is 0. The molecular formula is C14H19ClN2O2. The number of alkyl halides is 1. The maximum atomic E-state index is 11.1. The number of hydrogen-bond acceptors (Lipinski definition) is 3. The van der Waals surface area contributed by atoms with Gasteiger partial charge in [-0.3, -0.25) is 15.1 Å². The van der Waals surface area contributed by atoms with Crippen molar-refractivity contribution in [2.45, 2.75) is 51.3 Å². The molecule has 1 fully saturated rings. The summed E-state index contributed by atoms with van der Waals surface area (Å²) in [6, 6.07) is 0. The first kappa shape index (κ1) is 14.3. The van der Waals surface area contributed by atoms with E-state index < -0.39 is 0 Å². The molecule has 2 rings (SSSR count). The van der Waals surface area contributed by atoms with Crippen molar-refractivity contribution in [3.05, 3.63) is 33.1 Å². The lowest BCUT2D eigenvalue weighted by Gasteiger charge is -2.27. The van der Waals surface area contributed by atoms with Gasteiger partial charge in [0.1, 0.15) is 0 Å². The lowest BCUT2D eigenvalue weighted by molar-refractivity contribution is -0.386. The topological polar surface area (TPSA) is 56.0 Å². The predicted octanol–water partition coefficient (Wildman–Crippen LogP) is 3.95. The molecule has 4 nitrogen and oxygen atoms in total. The highest BCUT2D eigenvalue weighted by Gasteiger charge is 2.26. The maximum Gasteiger partial charge on any atom is 0.278 e. The summed E-state index contributed by atoms with van der Waals surface area (Å²) in [5.41, 5.74) is 2.35. The second-order valence-corrected chi connectivity index (χ2v) is 5.94. The number of pyridine rings is 1. The van der Waals surface area contributed by atoms with Gasteiger partial charge in [0.2, 0.25) is 0 Å². The van der Waals surface area contributed by atoms with E-state index in [-0.39, 0.29) is 16.0 Å². The summed E-state index contributed by atoms with van der Waals surface area (Å²) in [5.74, 6) is 0.393. The molecule has 1 aliphatic rings. The molecule has 1 aromatic heterocycles. The van der Waals surface area contributed by atoms with Gasteiger partial charge in [-0.25, -0.2) is 0 Å². The quantitative estimate of drug-likeness (QED) is 0.479. The van der Waals surface area contributed by atoms with E-state index in [1.54, 1.807) is 20.0 Å². The molecule has 1 heterocycles. The van der Waals surface area contributed by atoms with Gasteiger partial charge >= 0.3 is 0 Å². The second kappa shape index (κ2) is 5.87. The lowest BCUT2D eigenvalue weighted by Crippen LogP contribution is -2.22. The molecule has 0 N–H and O–H groups in total. The van der Waals surface area contributed by atoms with Gasteiger partial charge in [-0.1, -0.05) is 12.8 Å². The summed E-state index contributed by atoms with van der Waals surface area (Å²) in [7, 11) is 0. The first-order chi connectivity index (χ1) is 9.00. The van der Waals surface area contributed by atoms with E-state index in [9.17, 15) is 10.1 Å². The minimum Gasteiger partial charge on any atom is -0.260 e. The molecule has 104 valence electrons. The number of aryl methyl sites for hydroxylation is 1. The summed E-state index contributed by atoms with van der Waals surface area (Å²) in [5, 5.41) is 11.3. The van der Waals surface area contributed by atoms with Crippen LogP contribution in [0.3, 0.4) is 0 Å². The molecule has 0 aromatic carbocycles. The Morgan fingerprint density at radius 2 is 2.11 bits per heavy atom. The molecule has 0 amide bonds. The van der Waals surface area contributed by atoms with Crippen LogP contribution in [-0.4, -0.2) is 15.3 Å². The third kappa shape index (κ3) is 3.06. The van der Waals surface area contributed by atoms with Crippen LogP contribution < -0.4 is 0 Å². The van der Waals surface area contributed by atoms with Gasteiger partial charge in [-0.05, 0) is 39.0 Å². The van der Waals surface area contributed by atoms with Crippen LogP contribution in [0.25, 0.3) is 0 Å². The Kier molecular flexibility index (Phi) is 4.40. The fourth-order valence-electron chi connectivity index (χ4n) is 2.89. The molecule has 2 atom stereocenters. The molecule has 0 spiro atoms. The molecular weight excluding hydrogens is 264 g/mol. The Morgan fingerprint density at radius 3 is 2.74 bits per heavy atom. The molecule has 0 aliphatic heterocycles. The van der Waals surface area contributed by atoms with Crippen molar-refractivity contribution in [2.24, 2.45) is 5.92 Å². The Hall–Kier alpha value is -1.16. The Labute approximate surface area is 118 Å². The predicted molar refractivity (Wildman–Crippen MR) is 75.7 cm³/mol. The standard InChI is InChI=1S/C14H19ClN2O2/c1-9-8-16-13(10(2)14(9)17(18)19)7-11-5-3-4-6-12(11)15/h8,11-12H,3-7H2,1-2H3. The maximum absolute atomic E-state index is 11.1. The van der Waals surface area contributed by atoms with Crippen LogP contribution >= 0.6 is 11.6 Å². The van der Waals surface area contributed by atoms with Gasteiger partial charge in [0, 0.05) is 22.7 Å². The summed E-state index contributed by atoms with van der Waals surface area (Å²) < 4.78 is 0. The highest BCUT2D eigenvalue weighted by atomic mass is 35.5.